The van der Waals surface area contributed by atoms with Crippen LogP contribution in [-0.2, 0) is 9.59 Å². The van der Waals surface area contributed by atoms with Gasteiger partial charge in [-0.3, -0.25) is 9.59 Å². The van der Waals surface area contributed by atoms with Crippen LogP contribution in [-0.4, -0.2) is 31.4 Å². The lowest BCUT2D eigenvalue weighted by Crippen LogP contribution is -2.45. The van der Waals surface area contributed by atoms with E-state index in [4.69, 9.17) is 0 Å². The third-order valence-electron chi connectivity index (χ3n) is 4.97. The molecule has 0 radical (unpaired) electrons. The van der Waals surface area contributed by atoms with E-state index in [0.717, 1.165) is 12.8 Å². The fourth-order valence-corrected chi connectivity index (χ4v) is 5.35. The van der Waals surface area contributed by atoms with E-state index in [2.05, 4.69) is 74.4 Å². The van der Waals surface area contributed by atoms with E-state index < -0.39 is 10.8 Å². The average molecular weight is 582 g/mol. The second-order valence-corrected chi connectivity index (χ2v) is 15.5. The van der Waals surface area contributed by atoms with Crippen LogP contribution in [0.25, 0.3) is 0 Å². The molecule has 2 aliphatic carbocycles. The second-order valence-electron chi connectivity index (χ2n) is 7.96. The fourth-order valence-electron chi connectivity index (χ4n) is 2.38. The van der Waals surface area contributed by atoms with Gasteiger partial charge in [-0.15, -0.1) is 0 Å². The van der Waals surface area contributed by atoms with Crippen LogP contribution in [0.3, 0.4) is 0 Å². The Kier molecular flexibility index (Phi) is 5.22. The summed E-state index contributed by atoms with van der Waals surface area (Å²) in [5, 5.41) is 6.01. The number of halogens is 4. The maximum absolute atomic E-state index is 12.3. The molecule has 2 amide bonds. The number of nitrogens with one attached hydrogen (secondary N) is 2. The van der Waals surface area contributed by atoms with Crippen LogP contribution < -0.4 is 10.6 Å². The maximum atomic E-state index is 12.3. The summed E-state index contributed by atoms with van der Waals surface area (Å²) in [6, 6.07) is 0. The molecule has 0 aromatic carbocycles. The van der Waals surface area contributed by atoms with Gasteiger partial charge < -0.3 is 10.6 Å². The molecule has 2 saturated carbocycles. The maximum Gasteiger partial charge on any atom is 0.228 e. The zero-order chi connectivity index (χ0) is 17.9. The highest BCUT2D eigenvalue weighted by Crippen LogP contribution is 2.67. The first-order valence-electron chi connectivity index (χ1n) is 7.49. The van der Waals surface area contributed by atoms with Crippen LogP contribution in [0.2, 0.25) is 0 Å². The summed E-state index contributed by atoms with van der Waals surface area (Å²) >= 11 is 14.0. The first-order valence-corrected chi connectivity index (χ1v) is 10.7. The Bertz CT molecular complexity index is 504. The Labute approximate surface area is 171 Å². The van der Waals surface area contributed by atoms with Crippen LogP contribution in [0, 0.1) is 16.2 Å². The Hall–Kier alpha value is 0.860. The molecule has 0 aromatic heterocycles. The van der Waals surface area contributed by atoms with Gasteiger partial charge >= 0.3 is 0 Å². The van der Waals surface area contributed by atoms with Gasteiger partial charge in [-0.2, -0.15) is 0 Å². The van der Waals surface area contributed by atoms with Crippen LogP contribution in [0.15, 0.2) is 0 Å². The molecule has 132 valence electrons. The molecular weight excluding hydrogens is 560 g/mol. The van der Waals surface area contributed by atoms with Gasteiger partial charge in [0.2, 0.25) is 11.8 Å². The number of carbonyl (C=O) groups excluding carboxylic acids is 2. The molecule has 23 heavy (non-hydrogen) atoms. The minimum atomic E-state index is -0.417. The van der Waals surface area contributed by atoms with Crippen molar-refractivity contribution < 1.29 is 9.59 Å². The lowest BCUT2D eigenvalue weighted by atomic mass is 9.92. The minimum absolute atomic E-state index is 0.0275. The summed E-state index contributed by atoms with van der Waals surface area (Å²) in [5.74, 6) is 0.0551. The molecule has 2 N–H and O–H groups in total. The quantitative estimate of drug-likeness (QED) is 0.466. The van der Waals surface area contributed by atoms with E-state index in [1.807, 2.05) is 27.7 Å². The number of carbonyl (C=O) groups is 2. The van der Waals surface area contributed by atoms with E-state index in [0.29, 0.717) is 13.1 Å². The standard InChI is InChI=1S/C15H22Br4N2O2/c1-11(2,7-20-9(22)12(3)5-14(12,16)17)8-21-10(23)13(4)6-15(13,18)19/h5-8H2,1-4H3,(H,20,22)(H,21,23)/t12-,13+. The summed E-state index contributed by atoms with van der Waals surface area (Å²) in [4.78, 5) is 24.6. The molecule has 2 fully saturated rings. The SMILES string of the molecule is CC(C)(CNC(=O)[C@]1(C)CC1(Br)Br)CNC(=O)[C@@]1(C)CC1(Br)Br. The van der Waals surface area contributed by atoms with Crippen molar-refractivity contribution in [3.05, 3.63) is 0 Å². The van der Waals surface area contributed by atoms with Crippen LogP contribution in [0.4, 0.5) is 0 Å². The molecule has 0 unspecified atom stereocenters. The number of hydrogen-bond acceptors (Lipinski definition) is 2. The number of rotatable bonds is 6. The predicted molar refractivity (Wildman–Crippen MR) is 106 cm³/mol. The van der Waals surface area contributed by atoms with Gasteiger partial charge in [0.25, 0.3) is 0 Å². The summed E-state index contributed by atoms with van der Waals surface area (Å²) in [5.41, 5.74) is -1.05. The van der Waals surface area contributed by atoms with Gasteiger partial charge in [0, 0.05) is 13.1 Å². The van der Waals surface area contributed by atoms with E-state index in [1.54, 1.807) is 0 Å². The van der Waals surface area contributed by atoms with Gasteiger partial charge in [-0.05, 0) is 32.1 Å². The summed E-state index contributed by atoms with van der Waals surface area (Å²) in [6.45, 7) is 8.96. The fraction of sp³-hybridized carbons (Fsp3) is 0.867. The summed E-state index contributed by atoms with van der Waals surface area (Å²) in [6.07, 6.45) is 1.53. The first-order chi connectivity index (χ1) is 10.2. The van der Waals surface area contributed by atoms with Crippen molar-refractivity contribution >= 4 is 75.5 Å². The van der Waals surface area contributed by atoms with Crippen molar-refractivity contribution in [3.63, 3.8) is 0 Å². The molecule has 8 heteroatoms. The largest absolute Gasteiger partial charge is 0.355 e. The van der Waals surface area contributed by atoms with Crippen molar-refractivity contribution in [2.75, 3.05) is 13.1 Å². The monoisotopic (exact) mass is 578 g/mol. The van der Waals surface area contributed by atoms with E-state index >= 15 is 0 Å². The van der Waals surface area contributed by atoms with Crippen molar-refractivity contribution in [2.24, 2.45) is 16.2 Å². The van der Waals surface area contributed by atoms with Crippen LogP contribution >= 0.6 is 63.7 Å². The van der Waals surface area contributed by atoms with Crippen molar-refractivity contribution in [1.82, 2.24) is 10.6 Å². The molecular formula is C15H22Br4N2O2. The lowest BCUT2D eigenvalue weighted by Gasteiger charge is -2.27. The van der Waals surface area contributed by atoms with E-state index in [-0.39, 0.29) is 23.7 Å². The second kappa shape index (κ2) is 5.95. The van der Waals surface area contributed by atoms with Crippen LogP contribution in [0.1, 0.15) is 40.5 Å². The summed E-state index contributed by atoms with van der Waals surface area (Å²) in [7, 11) is 0. The normalized spacial score (nSPS) is 33.7. The number of amides is 2. The molecule has 0 bridgehead atoms. The van der Waals surface area contributed by atoms with Gasteiger partial charge in [-0.25, -0.2) is 0 Å². The van der Waals surface area contributed by atoms with E-state index in [1.165, 1.54) is 0 Å². The zero-order valence-corrected chi connectivity index (χ0v) is 20.0. The van der Waals surface area contributed by atoms with Crippen molar-refractivity contribution in [1.29, 1.82) is 0 Å². The van der Waals surface area contributed by atoms with E-state index in [9.17, 15) is 9.59 Å². The van der Waals surface area contributed by atoms with Gasteiger partial charge in [0.1, 0.15) is 0 Å². The van der Waals surface area contributed by atoms with Gasteiger partial charge in [0.05, 0.1) is 17.3 Å². The van der Waals surface area contributed by atoms with Crippen molar-refractivity contribution in [3.8, 4) is 0 Å². The lowest BCUT2D eigenvalue weighted by molar-refractivity contribution is -0.126. The topological polar surface area (TPSA) is 58.2 Å². The highest BCUT2D eigenvalue weighted by atomic mass is 79.9. The molecule has 2 aliphatic rings. The molecule has 0 aromatic rings. The van der Waals surface area contributed by atoms with Crippen molar-refractivity contribution in [2.45, 2.75) is 47.0 Å². The molecule has 0 heterocycles. The van der Waals surface area contributed by atoms with Gasteiger partial charge in [-0.1, -0.05) is 77.6 Å². The Morgan fingerprint density at radius 3 is 1.35 bits per heavy atom. The molecule has 4 nitrogen and oxygen atoms in total. The average Bonchev–Trinajstić information content (AvgIpc) is 3.13. The third-order valence-corrected chi connectivity index (χ3v) is 9.59. The smallest absolute Gasteiger partial charge is 0.228 e. The zero-order valence-electron chi connectivity index (χ0n) is 13.7. The Morgan fingerprint density at radius 1 is 0.870 bits per heavy atom. The molecule has 0 aliphatic heterocycles. The Morgan fingerprint density at radius 2 is 1.13 bits per heavy atom. The third kappa shape index (κ3) is 3.85. The molecule has 0 spiro atoms. The van der Waals surface area contributed by atoms with Gasteiger partial charge in [0.15, 0.2) is 0 Å². The summed E-state index contributed by atoms with van der Waals surface area (Å²) < 4.78 is -0.573. The number of alkyl halides is 4. The molecule has 2 rings (SSSR count). The number of hydrogen-bond donors (Lipinski definition) is 2. The molecule has 0 saturated heterocycles. The van der Waals surface area contributed by atoms with Crippen LogP contribution in [0.5, 0.6) is 0 Å². The first kappa shape index (κ1) is 20.2. The highest BCUT2D eigenvalue weighted by Gasteiger charge is 2.67. The predicted octanol–water partition coefficient (Wildman–Crippen LogP) is 4.04. The Balaban J connectivity index is 1.79. The minimum Gasteiger partial charge on any atom is -0.355 e. The highest BCUT2D eigenvalue weighted by molar-refractivity contribution is 9.26. The molecule has 2 atom stereocenters.